The van der Waals surface area contributed by atoms with Crippen LogP contribution in [0.2, 0.25) is 0 Å². The minimum atomic E-state index is -1.80. The van der Waals surface area contributed by atoms with Crippen LogP contribution in [0.25, 0.3) is 21.0 Å². The molecular weight excluding hydrogens is 1740 g/mol. The van der Waals surface area contributed by atoms with Crippen molar-refractivity contribution in [3.05, 3.63) is 125 Å². The van der Waals surface area contributed by atoms with E-state index in [4.69, 9.17) is 22.6 Å². The molecule has 8 rings (SSSR count). The fourth-order valence-electron chi connectivity index (χ4n) is 16.3. The second-order valence-corrected chi connectivity index (χ2v) is 36.2. The molecule has 4 heterocycles. The highest BCUT2D eigenvalue weighted by atomic mass is 32.2. The minimum Gasteiger partial charge on any atom is -0.394 e. The average Bonchev–Trinajstić information content (AvgIpc) is 1.48. The number of nitrogens with zero attached hydrogens (tertiary/aromatic N) is 5. The van der Waals surface area contributed by atoms with Crippen LogP contribution >= 0.6 is 23.1 Å². The Balaban J connectivity index is 1.18. The van der Waals surface area contributed by atoms with Crippen LogP contribution < -0.4 is 70.4 Å². The SMILES string of the molecule is CCCC[C@H]1C(=O)N(C)[C@@H](CCCC)C(=O)N[C@@H](CCCNC(=N)N)C(=O)N[C@H](C(=O)NCC(N)=O)CSCC(=O)N[C@@H](Cc2ccccc2)C(=O)N(C)[C@@H](C)C(=O)N[C@@H](CC(N)=O)C(=O)C2CCC[C@H]2C(=O)N[C@@H](Cc2cnc[nH]2)C(=O)N[C@@H](CC(C)C)C(=O)N(C)CC(=O)C[C@@H](Cc2c[nH]c3ccccc23)C(=O)N[C@@H](CO)C(=O)N[C@@H](Cc2csc3ccccc23)C(=O)N1C. The van der Waals surface area contributed by atoms with Gasteiger partial charge in [-0.1, -0.05) is 127 Å². The molecule has 1 aliphatic heterocycles. The predicted octanol–water partition coefficient (Wildman–Crippen LogP) is 0.681. The summed E-state index contributed by atoms with van der Waals surface area (Å²) in [6, 6.07) is 6.51. The minimum absolute atomic E-state index is 0.00558. The van der Waals surface area contributed by atoms with E-state index >= 15 is 24.0 Å². The maximum Gasteiger partial charge on any atom is 0.245 e. The highest BCUT2D eigenvalue weighted by Gasteiger charge is 2.45. The number of carbonyl (C=O) groups is 17. The number of hydrogen-bond donors (Lipinski definition) is 17. The number of nitrogens with one attached hydrogen (secondary N) is 13. The van der Waals surface area contributed by atoms with Gasteiger partial charge in [-0.05, 0) is 104 Å². The van der Waals surface area contributed by atoms with Crippen LogP contribution in [0.3, 0.4) is 0 Å². The third kappa shape index (κ3) is 30.5. The van der Waals surface area contributed by atoms with E-state index in [-0.39, 0.29) is 83.1 Å². The summed E-state index contributed by atoms with van der Waals surface area (Å²) in [5.74, 6) is -19.8. The number of H-pyrrole nitrogens is 2. The molecule has 1 saturated carbocycles. The Bertz CT molecular complexity index is 5050. The quantitative estimate of drug-likeness (QED) is 0.0202. The number of aromatic amines is 2. The first-order chi connectivity index (χ1) is 62.9. The average molecular weight is 1870 g/mol. The number of imidazole rings is 1. The smallest absolute Gasteiger partial charge is 0.245 e. The van der Waals surface area contributed by atoms with Gasteiger partial charge in [0.15, 0.2) is 17.5 Å². The maximum atomic E-state index is 15.7. The number of primary amides is 2. The summed E-state index contributed by atoms with van der Waals surface area (Å²) < 4.78 is 0.834. The molecule has 0 bridgehead atoms. The van der Waals surface area contributed by atoms with Gasteiger partial charge in [-0.15, -0.1) is 23.1 Å². The summed E-state index contributed by atoms with van der Waals surface area (Å²) in [6.07, 6.45) is 4.51. The van der Waals surface area contributed by atoms with E-state index in [0.717, 1.165) is 31.6 Å². The Kier molecular flexibility index (Phi) is 40.6. The van der Waals surface area contributed by atoms with E-state index in [1.165, 1.54) is 68.8 Å². The molecule has 0 spiro atoms. The number of unbranched alkanes of at least 4 members (excludes halogenated alkanes) is 2. The molecule has 6 aromatic rings. The van der Waals surface area contributed by atoms with Crippen LogP contribution in [0.15, 0.2) is 103 Å². The number of nitrogens with two attached hydrogens (primary N) is 3. The topological polar surface area (TPSA) is 590 Å². The number of thiophene rings is 1. The number of para-hydroxylation sites is 1. The largest absolute Gasteiger partial charge is 0.394 e. The lowest BCUT2D eigenvalue weighted by atomic mass is 9.86. The maximum absolute atomic E-state index is 15.7. The van der Waals surface area contributed by atoms with Crippen LogP contribution in [0.1, 0.15) is 147 Å². The number of thioether (sulfide) groups is 1. The van der Waals surface area contributed by atoms with Crippen LogP contribution in [0, 0.1) is 29.1 Å². The lowest BCUT2D eigenvalue weighted by Crippen LogP contribution is -2.61. The molecule has 2 fully saturated rings. The van der Waals surface area contributed by atoms with E-state index in [2.05, 4.69) is 68.1 Å². The number of guanidine groups is 1. The van der Waals surface area contributed by atoms with Gasteiger partial charge in [-0.25, -0.2) is 4.98 Å². The number of benzene rings is 3. The van der Waals surface area contributed by atoms with E-state index in [1.54, 1.807) is 80.7 Å². The van der Waals surface area contributed by atoms with Gasteiger partial charge in [0.25, 0.3) is 0 Å². The first kappa shape index (κ1) is 105. The van der Waals surface area contributed by atoms with E-state index in [1.807, 2.05) is 37.4 Å². The zero-order valence-corrected chi connectivity index (χ0v) is 77.8. The van der Waals surface area contributed by atoms with Crippen molar-refractivity contribution in [3.63, 3.8) is 0 Å². The van der Waals surface area contributed by atoms with Gasteiger partial charge in [0.2, 0.25) is 88.6 Å². The molecule has 39 nitrogen and oxygen atoms in total. The van der Waals surface area contributed by atoms with Crippen LogP contribution in [0.4, 0.5) is 0 Å². The van der Waals surface area contributed by atoms with Crippen molar-refractivity contribution < 1.29 is 86.6 Å². The number of amides is 15. The van der Waals surface area contributed by atoms with Gasteiger partial charge in [0.05, 0.1) is 44.2 Å². The molecule has 0 radical (unpaired) electrons. The number of aliphatic hydroxyl groups is 1. The van der Waals surface area contributed by atoms with Gasteiger partial charge in [-0.2, -0.15) is 0 Å². The summed E-state index contributed by atoms with van der Waals surface area (Å²) in [4.78, 5) is 264. The lowest BCUT2D eigenvalue weighted by Gasteiger charge is -2.36. The summed E-state index contributed by atoms with van der Waals surface area (Å²) >= 11 is 2.17. The molecule has 2 aliphatic rings. The second kappa shape index (κ2) is 51.2. The summed E-state index contributed by atoms with van der Waals surface area (Å²) in [6.45, 7) is 6.26. The van der Waals surface area contributed by atoms with Crippen molar-refractivity contribution in [2.45, 2.75) is 217 Å². The van der Waals surface area contributed by atoms with Crippen molar-refractivity contribution in [1.82, 2.24) is 87.7 Å². The standard InChI is InChI=1S/C91H127N21O18S2/c1-10-12-31-72-86(126)102-64(30-22-34-97-91(94)95)83(123)108-71(82(122)99-44-76(93)116)48-131-49-77(117)101-68(36-53-23-15-14-16-24-53)88(128)110(7)52(5)79(119)103-65(41-75(92)115)78(118)61-27-21-28-62(61)81(121)104-66(40-57-43-96-50-100-57)84(124)105-67(35-51(3)4)87(127)109(6)45-58(114)38-54(37-55-42-98-63-29-19-17-25-59(55)63)80(120)107-70(46-113)85(125)106-69(39-56-47-132-74-33-20-18-26-60(56)74)89(129)112(9)73(32-13-11-2)90(130)111(72)8/h14-20,23-26,29,33,42-43,47,50-52,54,61-62,64-73,98,113H,10-13,21-22,27-28,30-32,34-41,44-46,48-49H2,1-9H3,(H2,92,115)(H2,93,116)(H,96,100)(H,99,122)(H,101,117)(H,102,126)(H,103,119)(H,104,121)(H,105,124)(H,106,125)(H,107,120)(H,108,123)(H4,94,95,97)/t52-,54+,61?,62+,64-,65-,66-,67-,68-,69-,70-,71-,72-,73-/m0/s1. The summed E-state index contributed by atoms with van der Waals surface area (Å²) in [5.41, 5.74) is 19.6. The number of Topliss-reactive ketones (excluding diaryl/α,β-unsaturated/α-hetero) is 2. The fourth-order valence-corrected chi connectivity index (χ4v) is 18.2. The van der Waals surface area contributed by atoms with Crippen molar-refractivity contribution in [2.24, 2.45) is 40.9 Å². The third-order valence-corrected chi connectivity index (χ3v) is 25.8. The molecule has 41 heteroatoms. The highest BCUT2D eigenvalue weighted by molar-refractivity contribution is 8.00. The molecule has 1 saturated heterocycles. The predicted molar refractivity (Wildman–Crippen MR) is 495 cm³/mol. The van der Waals surface area contributed by atoms with Gasteiger partial charge in [-0.3, -0.25) is 86.9 Å². The van der Waals surface area contributed by atoms with Gasteiger partial charge in [0, 0.05) is 118 Å². The second-order valence-electron chi connectivity index (χ2n) is 34.2. The number of ketones is 2. The Labute approximate surface area is 774 Å². The Morgan fingerprint density at radius 2 is 1.18 bits per heavy atom. The van der Waals surface area contributed by atoms with Crippen molar-refractivity contribution in [2.75, 3.05) is 65.9 Å². The monoisotopic (exact) mass is 1870 g/mol. The highest BCUT2D eigenvalue weighted by Crippen LogP contribution is 2.35. The number of aromatic nitrogens is 3. The Morgan fingerprint density at radius 1 is 0.576 bits per heavy atom. The number of aliphatic hydroxyl groups excluding tert-OH is 1. The van der Waals surface area contributed by atoms with Gasteiger partial charge >= 0.3 is 0 Å². The summed E-state index contributed by atoms with van der Waals surface area (Å²) in [5, 5.41) is 49.0. The van der Waals surface area contributed by atoms with Crippen LogP contribution in [-0.4, -0.2) is 278 Å². The zero-order chi connectivity index (χ0) is 96.6. The number of rotatable bonds is 26. The Morgan fingerprint density at radius 3 is 1.85 bits per heavy atom. The number of hydrogen-bond acceptors (Lipinski definition) is 22. The first-order valence-electron chi connectivity index (χ1n) is 44.6. The fraction of sp³-hybridized carbons (Fsp3) is 0.527. The van der Waals surface area contributed by atoms with E-state index < -0.39 is 234 Å². The van der Waals surface area contributed by atoms with Crippen molar-refractivity contribution >= 4 is 150 Å². The van der Waals surface area contributed by atoms with Crippen molar-refractivity contribution in [1.29, 1.82) is 5.41 Å². The number of likely N-dealkylation sites (N-methyl/N-ethyl adjacent to an activating group) is 4. The molecule has 3 aromatic carbocycles. The van der Waals surface area contributed by atoms with Crippen LogP contribution in [0.5, 0.6) is 0 Å². The van der Waals surface area contributed by atoms with Gasteiger partial charge < -0.3 is 105 Å². The molecule has 1 aliphatic carbocycles. The van der Waals surface area contributed by atoms with Crippen molar-refractivity contribution in [3.8, 4) is 0 Å². The lowest BCUT2D eigenvalue weighted by molar-refractivity contribution is -0.149. The molecule has 15 amide bonds. The molecule has 1 unspecified atom stereocenters. The molecule has 132 heavy (non-hydrogen) atoms. The molecule has 716 valence electrons. The molecule has 20 N–H and O–H groups in total. The van der Waals surface area contributed by atoms with E-state index in [9.17, 15) is 62.6 Å². The summed E-state index contributed by atoms with van der Waals surface area (Å²) in [7, 11) is 5.34. The number of carbonyl (C=O) groups excluding carboxylic acids is 17. The third-order valence-electron chi connectivity index (χ3n) is 23.7. The Hall–Kier alpha value is -12.7. The molecule has 14 atom stereocenters. The molecular formula is C91H127N21O18S2. The van der Waals surface area contributed by atoms with E-state index in [0.29, 0.717) is 65.4 Å². The zero-order valence-electron chi connectivity index (χ0n) is 76.1. The first-order valence-corrected chi connectivity index (χ1v) is 46.6. The van der Waals surface area contributed by atoms with Crippen LogP contribution in [-0.2, 0) is 107 Å². The molecule has 3 aromatic heterocycles. The normalized spacial score (nSPS) is 24.1. The van der Waals surface area contributed by atoms with Gasteiger partial charge in [0.1, 0.15) is 60.4 Å². The number of fused-ring (bicyclic) bond motifs is 3.